The van der Waals surface area contributed by atoms with E-state index >= 15 is 0 Å². The third-order valence-corrected chi connectivity index (χ3v) is 2.91. The van der Waals surface area contributed by atoms with E-state index in [1.807, 2.05) is 6.07 Å². The molecule has 0 spiro atoms. The third-order valence-electron chi connectivity index (χ3n) is 2.91. The second kappa shape index (κ2) is 3.82. The topological polar surface area (TPSA) is 20.3 Å². The molecule has 1 aromatic rings. The van der Waals surface area contributed by atoms with Crippen molar-refractivity contribution in [2.45, 2.75) is 25.8 Å². The second-order valence-corrected chi connectivity index (χ2v) is 3.66. The molecule has 74 valence electrons. The molecule has 0 bridgehead atoms. The highest BCUT2D eigenvalue weighted by Gasteiger charge is 2.23. The predicted molar refractivity (Wildman–Crippen MR) is 57.6 cm³/mol. The third kappa shape index (κ3) is 1.41. The normalized spacial score (nSPS) is 20.4. The minimum absolute atomic E-state index is 0.0786. The average Bonchev–Trinajstić information content (AvgIpc) is 2.27. The van der Waals surface area contributed by atoms with E-state index in [0.717, 1.165) is 25.7 Å². The zero-order valence-corrected chi connectivity index (χ0v) is 8.44. The van der Waals surface area contributed by atoms with Crippen molar-refractivity contribution in [3.63, 3.8) is 0 Å². The lowest BCUT2D eigenvalue weighted by Gasteiger charge is -2.35. The molecule has 0 amide bonds. The number of aldehydes is 1. The molecular weight excluding hydrogens is 174 g/mol. The lowest BCUT2D eigenvalue weighted by molar-refractivity contribution is -0.109. The fourth-order valence-corrected chi connectivity index (χ4v) is 2.19. The second-order valence-electron chi connectivity index (χ2n) is 3.66. The van der Waals surface area contributed by atoms with Gasteiger partial charge in [-0.15, -0.1) is 0 Å². The Labute approximate surface area is 84.5 Å². The molecule has 1 atom stereocenters. The monoisotopic (exact) mass is 189 g/mol. The van der Waals surface area contributed by atoms with E-state index < -0.39 is 0 Å². The summed E-state index contributed by atoms with van der Waals surface area (Å²) < 4.78 is 0. The van der Waals surface area contributed by atoms with Crippen molar-refractivity contribution < 1.29 is 4.79 Å². The summed E-state index contributed by atoms with van der Waals surface area (Å²) in [5, 5.41) is 0. The molecule has 1 unspecified atom stereocenters. The van der Waals surface area contributed by atoms with Crippen molar-refractivity contribution in [1.29, 1.82) is 0 Å². The Morgan fingerprint density at radius 2 is 2.29 bits per heavy atom. The van der Waals surface area contributed by atoms with Crippen molar-refractivity contribution in [3.05, 3.63) is 29.8 Å². The highest BCUT2D eigenvalue weighted by molar-refractivity contribution is 5.69. The lowest BCUT2D eigenvalue weighted by Crippen LogP contribution is -2.40. The summed E-state index contributed by atoms with van der Waals surface area (Å²) in [6.45, 7) is 3.00. The number of likely N-dealkylation sites (N-methyl/N-ethyl adjacent to an activating group) is 1. The SMILES string of the molecule is CCN1c2ccccc2CCC1C=O. The van der Waals surface area contributed by atoms with Crippen LogP contribution >= 0.6 is 0 Å². The van der Waals surface area contributed by atoms with Gasteiger partial charge in [0.2, 0.25) is 0 Å². The van der Waals surface area contributed by atoms with Gasteiger partial charge in [0.25, 0.3) is 0 Å². The fraction of sp³-hybridized carbons (Fsp3) is 0.417. The van der Waals surface area contributed by atoms with Crippen LogP contribution in [0.5, 0.6) is 0 Å². The van der Waals surface area contributed by atoms with Gasteiger partial charge in [-0.1, -0.05) is 18.2 Å². The zero-order valence-electron chi connectivity index (χ0n) is 8.44. The van der Waals surface area contributed by atoms with Crippen LogP contribution in [-0.2, 0) is 11.2 Å². The number of benzene rings is 1. The van der Waals surface area contributed by atoms with Gasteiger partial charge in [-0.25, -0.2) is 0 Å². The van der Waals surface area contributed by atoms with E-state index in [1.54, 1.807) is 0 Å². The molecule has 0 radical (unpaired) electrons. The molecule has 0 saturated carbocycles. The predicted octanol–water partition coefficient (Wildman–Crippen LogP) is 2.03. The van der Waals surface area contributed by atoms with Gasteiger partial charge in [-0.3, -0.25) is 0 Å². The Morgan fingerprint density at radius 3 is 3.00 bits per heavy atom. The molecular formula is C12H15NO. The summed E-state index contributed by atoms with van der Waals surface area (Å²) in [7, 11) is 0. The van der Waals surface area contributed by atoms with Crippen LogP contribution in [0.1, 0.15) is 18.9 Å². The first-order valence-electron chi connectivity index (χ1n) is 5.16. The fourth-order valence-electron chi connectivity index (χ4n) is 2.19. The van der Waals surface area contributed by atoms with Gasteiger partial charge in [0.1, 0.15) is 6.29 Å². The smallest absolute Gasteiger partial charge is 0.142 e. The number of nitrogens with zero attached hydrogens (tertiary/aromatic N) is 1. The van der Waals surface area contributed by atoms with Crippen LogP contribution in [-0.4, -0.2) is 18.9 Å². The first kappa shape index (κ1) is 9.25. The Kier molecular flexibility index (Phi) is 2.53. The van der Waals surface area contributed by atoms with Crippen LogP contribution in [0.15, 0.2) is 24.3 Å². The Hall–Kier alpha value is -1.31. The summed E-state index contributed by atoms with van der Waals surface area (Å²) >= 11 is 0. The zero-order chi connectivity index (χ0) is 9.97. The highest BCUT2D eigenvalue weighted by atomic mass is 16.1. The first-order chi connectivity index (χ1) is 6.86. The minimum atomic E-state index is 0.0786. The molecule has 2 heteroatoms. The van der Waals surface area contributed by atoms with Gasteiger partial charge in [-0.2, -0.15) is 0 Å². The number of hydrogen-bond donors (Lipinski definition) is 0. The first-order valence-corrected chi connectivity index (χ1v) is 5.16. The summed E-state index contributed by atoms with van der Waals surface area (Å²) in [6, 6.07) is 8.44. The summed E-state index contributed by atoms with van der Waals surface area (Å²) in [5.74, 6) is 0. The molecule has 2 rings (SSSR count). The van der Waals surface area contributed by atoms with E-state index in [-0.39, 0.29) is 6.04 Å². The van der Waals surface area contributed by atoms with E-state index in [2.05, 4.69) is 30.0 Å². The minimum Gasteiger partial charge on any atom is -0.362 e. The molecule has 14 heavy (non-hydrogen) atoms. The number of carbonyl (C=O) groups excluding carboxylic acids is 1. The number of fused-ring (bicyclic) bond motifs is 1. The average molecular weight is 189 g/mol. The van der Waals surface area contributed by atoms with Gasteiger partial charge in [0.05, 0.1) is 6.04 Å². The number of hydrogen-bond acceptors (Lipinski definition) is 2. The van der Waals surface area contributed by atoms with Gasteiger partial charge in [0.15, 0.2) is 0 Å². The van der Waals surface area contributed by atoms with Crippen LogP contribution < -0.4 is 4.90 Å². The molecule has 0 saturated heterocycles. The maximum Gasteiger partial charge on any atom is 0.142 e. The van der Waals surface area contributed by atoms with Gasteiger partial charge in [-0.05, 0) is 31.4 Å². The Bertz CT molecular complexity index is 335. The molecule has 2 nitrogen and oxygen atoms in total. The van der Waals surface area contributed by atoms with Crippen molar-refractivity contribution in [3.8, 4) is 0 Å². The van der Waals surface area contributed by atoms with Crippen LogP contribution in [0.4, 0.5) is 5.69 Å². The van der Waals surface area contributed by atoms with Gasteiger partial charge < -0.3 is 9.69 Å². The highest BCUT2D eigenvalue weighted by Crippen LogP contribution is 2.29. The van der Waals surface area contributed by atoms with Crippen molar-refractivity contribution >= 4 is 12.0 Å². The van der Waals surface area contributed by atoms with Crippen LogP contribution in [0.25, 0.3) is 0 Å². The standard InChI is InChI=1S/C12H15NO/c1-2-13-11(9-14)8-7-10-5-3-4-6-12(10)13/h3-6,9,11H,2,7-8H2,1H3. The maximum atomic E-state index is 10.9. The number of carbonyl (C=O) groups is 1. The molecule has 1 aliphatic heterocycles. The van der Waals surface area contributed by atoms with Crippen molar-refractivity contribution in [2.24, 2.45) is 0 Å². The van der Waals surface area contributed by atoms with Crippen molar-refractivity contribution in [1.82, 2.24) is 0 Å². The summed E-state index contributed by atoms with van der Waals surface area (Å²) in [6.07, 6.45) is 3.05. The molecule has 0 fully saturated rings. The lowest BCUT2D eigenvalue weighted by atomic mass is 9.96. The Morgan fingerprint density at radius 1 is 1.50 bits per heavy atom. The Balaban J connectivity index is 2.39. The molecule has 1 heterocycles. The number of aryl methyl sites for hydroxylation is 1. The largest absolute Gasteiger partial charge is 0.362 e. The quantitative estimate of drug-likeness (QED) is 0.663. The van der Waals surface area contributed by atoms with Crippen LogP contribution in [0.2, 0.25) is 0 Å². The molecule has 0 N–H and O–H groups in total. The molecule has 1 aromatic carbocycles. The summed E-state index contributed by atoms with van der Waals surface area (Å²) in [4.78, 5) is 13.1. The maximum absolute atomic E-state index is 10.9. The van der Waals surface area contributed by atoms with Gasteiger partial charge >= 0.3 is 0 Å². The summed E-state index contributed by atoms with van der Waals surface area (Å²) in [5.41, 5.74) is 2.60. The molecule has 0 aliphatic carbocycles. The molecule has 0 aromatic heterocycles. The van der Waals surface area contributed by atoms with Crippen LogP contribution in [0, 0.1) is 0 Å². The van der Waals surface area contributed by atoms with Gasteiger partial charge in [0, 0.05) is 12.2 Å². The van der Waals surface area contributed by atoms with E-state index in [0.29, 0.717) is 0 Å². The van der Waals surface area contributed by atoms with E-state index in [9.17, 15) is 4.79 Å². The number of para-hydroxylation sites is 1. The number of anilines is 1. The van der Waals surface area contributed by atoms with Crippen LogP contribution in [0.3, 0.4) is 0 Å². The van der Waals surface area contributed by atoms with Crippen molar-refractivity contribution in [2.75, 3.05) is 11.4 Å². The number of rotatable bonds is 2. The molecule has 1 aliphatic rings. The van der Waals surface area contributed by atoms with E-state index in [4.69, 9.17) is 0 Å². The van der Waals surface area contributed by atoms with E-state index in [1.165, 1.54) is 11.3 Å².